The standard InChI is InChI=1S/C17H23N3O4/c18-16-2-1-14(20(22)23)11-15(16)17(21)19-7-3-12(4-8-19)13-5-9-24-10-6-13/h1-2,11-13H,3-10,18H2. The van der Waals surface area contributed by atoms with Crippen LogP contribution in [-0.2, 0) is 4.74 Å². The van der Waals surface area contributed by atoms with Crippen LogP contribution in [0.25, 0.3) is 0 Å². The highest BCUT2D eigenvalue weighted by atomic mass is 16.6. The summed E-state index contributed by atoms with van der Waals surface area (Å²) in [6.45, 7) is 3.05. The largest absolute Gasteiger partial charge is 0.398 e. The van der Waals surface area contributed by atoms with Crippen LogP contribution in [0.5, 0.6) is 0 Å². The molecule has 0 atom stereocenters. The molecule has 1 aromatic carbocycles. The number of carbonyl (C=O) groups excluding carboxylic acids is 1. The lowest BCUT2D eigenvalue weighted by atomic mass is 9.80. The molecule has 1 aromatic rings. The number of ether oxygens (including phenoxy) is 1. The van der Waals surface area contributed by atoms with Crippen LogP contribution in [0.4, 0.5) is 11.4 Å². The molecular weight excluding hydrogens is 310 g/mol. The normalized spacial score (nSPS) is 20.1. The van der Waals surface area contributed by atoms with Gasteiger partial charge in [-0.1, -0.05) is 0 Å². The van der Waals surface area contributed by atoms with E-state index >= 15 is 0 Å². The quantitative estimate of drug-likeness (QED) is 0.520. The number of nitrogens with zero attached hydrogens (tertiary/aromatic N) is 2. The zero-order valence-electron chi connectivity index (χ0n) is 13.6. The molecule has 7 heteroatoms. The summed E-state index contributed by atoms with van der Waals surface area (Å²) < 4.78 is 5.42. The lowest BCUT2D eigenvalue weighted by Crippen LogP contribution is -2.41. The van der Waals surface area contributed by atoms with Gasteiger partial charge in [-0.2, -0.15) is 0 Å². The van der Waals surface area contributed by atoms with Crippen LogP contribution in [-0.4, -0.2) is 42.0 Å². The van der Waals surface area contributed by atoms with Gasteiger partial charge < -0.3 is 15.4 Å². The Balaban J connectivity index is 1.64. The molecule has 2 heterocycles. The van der Waals surface area contributed by atoms with Crippen LogP contribution < -0.4 is 5.73 Å². The van der Waals surface area contributed by atoms with Crippen LogP contribution in [0.3, 0.4) is 0 Å². The summed E-state index contributed by atoms with van der Waals surface area (Å²) in [5.74, 6) is 1.13. The number of nitro groups is 1. The fraction of sp³-hybridized carbons (Fsp3) is 0.588. The number of amides is 1. The van der Waals surface area contributed by atoms with Gasteiger partial charge in [0.2, 0.25) is 0 Å². The minimum Gasteiger partial charge on any atom is -0.398 e. The lowest BCUT2D eigenvalue weighted by molar-refractivity contribution is -0.384. The minimum atomic E-state index is -0.506. The molecule has 2 fully saturated rings. The highest BCUT2D eigenvalue weighted by Crippen LogP contribution is 2.32. The van der Waals surface area contributed by atoms with Crippen molar-refractivity contribution in [1.29, 1.82) is 0 Å². The van der Waals surface area contributed by atoms with Gasteiger partial charge in [-0.25, -0.2) is 0 Å². The third-order valence-corrected chi connectivity index (χ3v) is 5.24. The number of rotatable bonds is 3. The van der Waals surface area contributed by atoms with Gasteiger partial charge in [-0.3, -0.25) is 14.9 Å². The van der Waals surface area contributed by atoms with Crippen molar-refractivity contribution >= 4 is 17.3 Å². The van der Waals surface area contributed by atoms with E-state index in [0.717, 1.165) is 38.9 Å². The van der Waals surface area contributed by atoms with Gasteiger partial charge in [-0.05, 0) is 43.6 Å². The maximum Gasteiger partial charge on any atom is 0.270 e. The van der Waals surface area contributed by atoms with Crippen molar-refractivity contribution in [3.63, 3.8) is 0 Å². The van der Waals surface area contributed by atoms with Crippen LogP contribution in [0.1, 0.15) is 36.0 Å². The first-order valence-electron chi connectivity index (χ1n) is 8.47. The number of nitro benzene ring substituents is 1. The zero-order valence-corrected chi connectivity index (χ0v) is 13.6. The molecule has 24 heavy (non-hydrogen) atoms. The van der Waals surface area contributed by atoms with Crippen molar-refractivity contribution in [2.24, 2.45) is 11.8 Å². The van der Waals surface area contributed by atoms with Gasteiger partial charge in [0.1, 0.15) is 0 Å². The van der Waals surface area contributed by atoms with E-state index in [-0.39, 0.29) is 22.8 Å². The molecule has 2 N–H and O–H groups in total. The number of benzene rings is 1. The SMILES string of the molecule is Nc1ccc([N+](=O)[O-])cc1C(=O)N1CCC(C2CCOCC2)CC1. The number of anilines is 1. The second-order valence-electron chi connectivity index (χ2n) is 6.61. The highest BCUT2D eigenvalue weighted by Gasteiger charge is 2.30. The van der Waals surface area contributed by atoms with Crippen LogP contribution >= 0.6 is 0 Å². The Kier molecular flexibility index (Phi) is 4.99. The third-order valence-electron chi connectivity index (χ3n) is 5.24. The number of likely N-dealkylation sites (tertiary alicyclic amines) is 1. The first-order chi connectivity index (χ1) is 11.6. The topological polar surface area (TPSA) is 98.7 Å². The molecule has 7 nitrogen and oxygen atoms in total. The second kappa shape index (κ2) is 7.17. The fourth-order valence-electron chi connectivity index (χ4n) is 3.77. The first-order valence-corrected chi connectivity index (χ1v) is 8.47. The Morgan fingerprint density at radius 1 is 1.17 bits per heavy atom. The Bertz CT molecular complexity index is 620. The van der Waals surface area contributed by atoms with Crippen LogP contribution in [0.2, 0.25) is 0 Å². The molecule has 2 aliphatic rings. The number of nitrogen functional groups attached to an aromatic ring is 1. The third kappa shape index (κ3) is 3.51. The summed E-state index contributed by atoms with van der Waals surface area (Å²) in [7, 11) is 0. The average Bonchev–Trinajstić information content (AvgIpc) is 2.62. The number of piperidine rings is 1. The molecule has 1 amide bonds. The lowest BCUT2D eigenvalue weighted by Gasteiger charge is -2.37. The minimum absolute atomic E-state index is 0.107. The van der Waals surface area contributed by atoms with E-state index in [9.17, 15) is 14.9 Å². The smallest absolute Gasteiger partial charge is 0.270 e. The number of non-ortho nitro benzene ring substituents is 1. The second-order valence-corrected chi connectivity index (χ2v) is 6.61. The number of carbonyl (C=O) groups is 1. The monoisotopic (exact) mass is 333 g/mol. The van der Waals surface area contributed by atoms with E-state index in [1.165, 1.54) is 18.2 Å². The zero-order chi connectivity index (χ0) is 17.1. The molecule has 3 rings (SSSR count). The summed E-state index contributed by atoms with van der Waals surface area (Å²) in [6.07, 6.45) is 4.17. The number of nitrogens with two attached hydrogens (primary N) is 1. The Hall–Kier alpha value is -2.15. The summed E-state index contributed by atoms with van der Waals surface area (Å²) in [5.41, 5.74) is 6.27. The molecule has 0 spiro atoms. The summed E-state index contributed by atoms with van der Waals surface area (Å²) in [5, 5.41) is 10.9. The van der Waals surface area contributed by atoms with Crippen LogP contribution in [0.15, 0.2) is 18.2 Å². The van der Waals surface area contributed by atoms with Gasteiger partial charge in [0, 0.05) is 44.1 Å². The van der Waals surface area contributed by atoms with E-state index in [1.54, 1.807) is 4.90 Å². The van der Waals surface area contributed by atoms with E-state index in [1.807, 2.05) is 0 Å². The predicted molar refractivity (Wildman–Crippen MR) is 89.7 cm³/mol. The Morgan fingerprint density at radius 3 is 2.42 bits per heavy atom. The van der Waals surface area contributed by atoms with E-state index < -0.39 is 4.92 Å². The molecule has 2 saturated heterocycles. The Labute approximate surface area is 140 Å². The van der Waals surface area contributed by atoms with Gasteiger partial charge >= 0.3 is 0 Å². The molecule has 2 aliphatic heterocycles. The first kappa shape index (κ1) is 16.7. The highest BCUT2D eigenvalue weighted by molar-refractivity contribution is 5.99. The van der Waals surface area contributed by atoms with Crippen molar-refractivity contribution in [3.8, 4) is 0 Å². The summed E-state index contributed by atoms with van der Waals surface area (Å²) >= 11 is 0. The Morgan fingerprint density at radius 2 is 1.79 bits per heavy atom. The fourth-order valence-corrected chi connectivity index (χ4v) is 3.77. The average molecular weight is 333 g/mol. The molecule has 0 unspecified atom stereocenters. The van der Waals surface area contributed by atoms with Crippen molar-refractivity contribution < 1.29 is 14.5 Å². The molecule has 0 bridgehead atoms. The molecule has 0 aliphatic carbocycles. The van der Waals surface area contributed by atoms with Crippen molar-refractivity contribution in [3.05, 3.63) is 33.9 Å². The molecule has 0 saturated carbocycles. The number of hydrogen-bond donors (Lipinski definition) is 1. The number of hydrogen-bond acceptors (Lipinski definition) is 5. The van der Waals surface area contributed by atoms with Crippen molar-refractivity contribution in [2.75, 3.05) is 32.0 Å². The van der Waals surface area contributed by atoms with Gasteiger partial charge in [-0.15, -0.1) is 0 Å². The molecule has 0 radical (unpaired) electrons. The molecule has 0 aromatic heterocycles. The maximum absolute atomic E-state index is 12.7. The van der Waals surface area contributed by atoms with Crippen molar-refractivity contribution in [1.82, 2.24) is 4.90 Å². The predicted octanol–water partition coefficient (Wildman–Crippen LogP) is 2.46. The van der Waals surface area contributed by atoms with E-state index in [0.29, 0.717) is 24.9 Å². The maximum atomic E-state index is 12.7. The van der Waals surface area contributed by atoms with Crippen LogP contribution in [0, 0.1) is 22.0 Å². The van der Waals surface area contributed by atoms with Crippen molar-refractivity contribution in [2.45, 2.75) is 25.7 Å². The van der Waals surface area contributed by atoms with E-state index in [4.69, 9.17) is 10.5 Å². The van der Waals surface area contributed by atoms with E-state index in [2.05, 4.69) is 0 Å². The van der Waals surface area contributed by atoms with Gasteiger partial charge in [0.25, 0.3) is 11.6 Å². The summed E-state index contributed by atoms with van der Waals surface area (Å²) in [6, 6.07) is 4.03. The molecular formula is C17H23N3O4. The molecule has 130 valence electrons. The summed E-state index contributed by atoms with van der Waals surface area (Å²) in [4.78, 5) is 24.9. The van der Waals surface area contributed by atoms with Gasteiger partial charge in [0.15, 0.2) is 0 Å². The van der Waals surface area contributed by atoms with Gasteiger partial charge in [0.05, 0.1) is 10.5 Å².